The standard InChI is InChI=1S/C9H18N2O/c1-2-8-6-4-3-5-7-11(8)9(10)12/h8H,2-7H2,1H3,(H2,10,12). The highest BCUT2D eigenvalue weighted by atomic mass is 16.2. The maximum atomic E-state index is 11.0. The van der Waals surface area contributed by atoms with Gasteiger partial charge in [-0.25, -0.2) is 4.79 Å². The third-order valence-electron chi connectivity index (χ3n) is 2.63. The number of carbonyl (C=O) groups is 1. The maximum Gasteiger partial charge on any atom is 0.315 e. The molecule has 0 bridgehead atoms. The van der Waals surface area contributed by atoms with E-state index in [1.54, 1.807) is 0 Å². The van der Waals surface area contributed by atoms with Crippen molar-refractivity contribution in [1.29, 1.82) is 0 Å². The molecule has 1 fully saturated rings. The fraction of sp³-hybridized carbons (Fsp3) is 0.889. The molecule has 1 heterocycles. The summed E-state index contributed by atoms with van der Waals surface area (Å²) in [6, 6.07) is 0.147. The molecule has 2 amide bonds. The van der Waals surface area contributed by atoms with Crippen LogP contribution in [0.25, 0.3) is 0 Å². The highest BCUT2D eigenvalue weighted by Crippen LogP contribution is 2.18. The van der Waals surface area contributed by atoms with Gasteiger partial charge in [0, 0.05) is 12.6 Å². The molecule has 1 rings (SSSR count). The molecular formula is C9H18N2O. The van der Waals surface area contributed by atoms with Gasteiger partial charge in [-0.05, 0) is 19.3 Å². The molecule has 0 aromatic rings. The zero-order valence-corrected chi connectivity index (χ0v) is 7.75. The molecular weight excluding hydrogens is 152 g/mol. The van der Waals surface area contributed by atoms with Crippen LogP contribution in [0.1, 0.15) is 39.0 Å². The van der Waals surface area contributed by atoms with Gasteiger partial charge in [0.15, 0.2) is 0 Å². The number of hydrogen-bond donors (Lipinski definition) is 1. The van der Waals surface area contributed by atoms with Crippen molar-refractivity contribution in [1.82, 2.24) is 4.90 Å². The molecule has 0 spiro atoms. The van der Waals surface area contributed by atoms with Crippen LogP contribution in [-0.2, 0) is 0 Å². The molecule has 0 saturated carbocycles. The van der Waals surface area contributed by atoms with Crippen LogP contribution in [-0.4, -0.2) is 23.5 Å². The van der Waals surface area contributed by atoms with E-state index in [9.17, 15) is 4.79 Å². The lowest BCUT2D eigenvalue weighted by molar-refractivity contribution is 0.183. The Labute approximate surface area is 73.9 Å². The third kappa shape index (κ3) is 2.13. The Hall–Kier alpha value is -0.730. The number of primary amides is 1. The summed E-state index contributed by atoms with van der Waals surface area (Å²) < 4.78 is 0. The first kappa shape index (κ1) is 9.36. The Balaban J connectivity index is 2.57. The highest BCUT2D eigenvalue weighted by Gasteiger charge is 2.21. The predicted octanol–water partition coefficient (Wildman–Crippen LogP) is 1.72. The van der Waals surface area contributed by atoms with Crippen molar-refractivity contribution in [3.05, 3.63) is 0 Å². The van der Waals surface area contributed by atoms with Crippen LogP contribution in [0.4, 0.5) is 4.79 Å². The van der Waals surface area contributed by atoms with E-state index < -0.39 is 0 Å². The van der Waals surface area contributed by atoms with Gasteiger partial charge in [0.1, 0.15) is 0 Å². The molecule has 1 aliphatic heterocycles. The topological polar surface area (TPSA) is 46.3 Å². The third-order valence-corrected chi connectivity index (χ3v) is 2.63. The fourth-order valence-electron chi connectivity index (χ4n) is 1.89. The van der Waals surface area contributed by atoms with Gasteiger partial charge in [0.05, 0.1) is 0 Å². The average Bonchev–Trinajstić information content (AvgIpc) is 2.27. The van der Waals surface area contributed by atoms with Gasteiger partial charge >= 0.3 is 6.03 Å². The quantitative estimate of drug-likeness (QED) is 0.640. The fourth-order valence-corrected chi connectivity index (χ4v) is 1.89. The molecule has 3 nitrogen and oxygen atoms in total. The Bertz CT molecular complexity index is 159. The molecule has 1 saturated heterocycles. The van der Waals surface area contributed by atoms with E-state index in [0.29, 0.717) is 6.04 Å². The summed E-state index contributed by atoms with van der Waals surface area (Å²) in [7, 11) is 0. The summed E-state index contributed by atoms with van der Waals surface area (Å²) >= 11 is 0. The van der Waals surface area contributed by atoms with Crippen molar-refractivity contribution in [3.8, 4) is 0 Å². The van der Waals surface area contributed by atoms with Crippen LogP contribution in [0, 0.1) is 0 Å². The number of hydrogen-bond acceptors (Lipinski definition) is 1. The van der Waals surface area contributed by atoms with Crippen LogP contribution >= 0.6 is 0 Å². The first-order chi connectivity index (χ1) is 5.75. The predicted molar refractivity (Wildman–Crippen MR) is 48.8 cm³/mol. The van der Waals surface area contributed by atoms with Crippen LogP contribution < -0.4 is 5.73 Å². The Morgan fingerprint density at radius 2 is 2.25 bits per heavy atom. The zero-order valence-electron chi connectivity index (χ0n) is 7.75. The summed E-state index contributed by atoms with van der Waals surface area (Å²) in [5.41, 5.74) is 5.29. The molecule has 0 radical (unpaired) electrons. The molecule has 0 aromatic heterocycles. The number of nitrogens with two attached hydrogens (primary N) is 1. The van der Waals surface area contributed by atoms with Gasteiger partial charge in [0.2, 0.25) is 0 Å². The van der Waals surface area contributed by atoms with Crippen molar-refractivity contribution in [2.24, 2.45) is 5.73 Å². The summed E-state index contributed by atoms with van der Waals surface area (Å²) in [5, 5.41) is 0. The van der Waals surface area contributed by atoms with Crippen molar-refractivity contribution < 1.29 is 4.79 Å². The van der Waals surface area contributed by atoms with Gasteiger partial charge in [-0.15, -0.1) is 0 Å². The SMILES string of the molecule is CCC1CCCCCN1C(N)=O. The second-order valence-corrected chi connectivity index (χ2v) is 3.44. The normalized spacial score (nSPS) is 25.1. The van der Waals surface area contributed by atoms with Gasteiger partial charge < -0.3 is 10.6 Å². The molecule has 1 atom stereocenters. The second-order valence-electron chi connectivity index (χ2n) is 3.44. The molecule has 1 aliphatic rings. The minimum Gasteiger partial charge on any atom is -0.351 e. The maximum absolute atomic E-state index is 11.0. The number of carbonyl (C=O) groups excluding carboxylic acids is 1. The van der Waals surface area contributed by atoms with Crippen LogP contribution in [0.5, 0.6) is 0 Å². The number of rotatable bonds is 1. The van der Waals surface area contributed by atoms with Gasteiger partial charge in [-0.3, -0.25) is 0 Å². The summed E-state index contributed by atoms with van der Waals surface area (Å²) in [4.78, 5) is 12.9. The molecule has 12 heavy (non-hydrogen) atoms. The Morgan fingerprint density at radius 1 is 1.50 bits per heavy atom. The van der Waals surface area contributed by atoms with Crippen molar-refractivity contribution in [2.45, 2.75) is 45.1 Å². The van der Waals surface area contributed by atoms with E-state index >= 15 is 0 Å². The Kier molecular flexibility index (Phi) is 3.38. The van der Waals surface area contributed by atoms with Crippen molar-refractivity contribution >= 4 is 6.03 Å². The lowest BCUT2D eigenvalue weighted by Gasteiger charge is -2.27. The summed E-state index contributed by atoms with van der Waals surface area (Å²) in [6.07, 6.45) is 5.74. The van der Waals surface area contributed by atoms with E-state index in [1.807, 2.05) is 4.90 Å². The molecule has 0 aliphatic carbocycles. The monoisotopic (exact) mass is 170 g/mol. The smallest absolute Gasteiger partial charge is 0.315 e. The molecule has 2 N–H and O–H groups in total. The lowest BCUT2D eigenvalue weighted by atomic mass is 10.1. The first-order valence-electron chi connectivity index (χ1n) is 4.81. The zero-order chi connectivity index (χ0) is 8.97. The van der Waals surface area contributed by atoms with Crippen LogP contribution in [0.3, 0.4) is 0 Å². The first-order valence-corrected chi connectivity index (χ1v) is 4.81. The number of amides is 2. The van der Waals surface area contributed by atoms with Gasteiger partial charge in [0.25, 0.3) is 0 Å². The van der Waals surface area contributed by atoms with Crippen LogP contribution in [0.15, 0.2) is 0 Å². The minimum atomic E-state index is -0.247. The van der Waals surface area contributed by atoms with E-state index in [1.165, 1.54) is 12.8 Å². The lowest BCUT2D eigenvalue weighted by Crippen LogP contribution is -2.42. The van der Waals surface area contributed by atoms with E-state index in [2.05, 4.69) is 6.92 Å². The average molecular weight is 170 g/mol. The molecule has 70 valence electrons. The van der Waals surface area contributed by atoms with Crippen molar-refractivity contribution in [2.75, 3.05) is 6.54 Å². The summed E-state index contributed by atoms with van der Waals surface area (Å²) in [5.74, 6) is 0. The van der Waals surface area contributed by atoms with E-state index in [4.69, 9.17) is 5.73 Å². The molecule has 3 heteroatoms. The van der Waals surface area contributed by atoms with E-state index in [0.717, 1.165) is 25.8 Å². The molecule has 1 unspecified atom stereocenters. The summed E-state index contributed by atoms with van der Waals surface area (Å²) in [6.45, 7) is 2.97. The number of nitrogens with zero attached hydrogens (tertiary/aromatic N) is 1. The number of urea groups is 1. The largest absolute Gasteiger partial charge is 0.351 e. The van der Waals surface area contributed by atoms with Crippen molar-refractivity contribution in [3.63, 3.8) is 0 Å². The Morgan fingerprint density at radius 3 is 2.83 bits per heavy atom. The van der Waals surface area contributed by atoms with Crippen LogP contribution in [0.2, 0.25) is 0 Å². The highest BCUT2D eigenvalue weighted by molar-refractivity contribution is 5.72. The molecule has 0 aromatic carbocycles. The second kappa shape index (κ2) is 4.33. The van der Waals surface area contributed by atoms with E-state index in [-0.39, 0.29) is 6.03 Å². The van der Waals surface area contributed by atoms with Gasteiger partial charge in [-0.1, -0.05) is 19.8 Å². The minimum absolute atomic E-state index is 0.247. The van der Waals surface area contributed by atoms with Gasteiger partial charge in [-0.2, -0.15) is 0 Å². The number of likely N-dealkylation sites (tertiary alicyclic amines) is 1.